The lowest BCUT2D eigenvalue weighted by atomic mass is 10.0. The molecule has 0 radical (unpaired) electrons. The fourth-order valence-electron chi connectivity index (χ4n) is 1.27. The van der Waals surface area contributed by atoms with Crippen molar-refractivity contribution in [1.82, 2.24) is 0 Å². The van der Waals surface area contributed by atoms with Gasteiger partial charge in [-0.1, -0.05) is 6.07 Å². The quantitative estimate of drug-likeness (QED) is 0.759. The lowest BCUT2D eigenvalue weighted by Crippen LogP contribution is -2.22. The Bertz CT molecular complexity index is 390. The molecule has 0 spiro atoms. The second-order valence-corrected chi connectivity index (χ2v) is 3.34. The summed E-state index contributed by atoms with van der Waals surface area (Å²) in [7, 11) is 0. The normalized spacial score (nSPS) is 11.7. The predicted octanol–water partition coefficient (Wildman–Crippen LogP) is 2.25. The van der Waals surface area contributed by atoms with E-state index in [9.17, 15) is 8.78 Å². The Morgan fingerprint density at radius 3 is 2.67 bits per heavy atom. The van der Waals surface area contributed by atoms with Crippen molar-refractivity contribution in [1.29, 1.82) is 0 Å². The third kappa shape index (κ3) is 3.69. The molecule has 0 heterocycles. The molecule has 0 saturated heterocycles. The van der Waals surface area contributed by atoms with Gasteiger partial charge in [0.05, 0.1) is 0 Å². The first-order valence-electron chi connectivity index (χ1n) is 4.72. The lowest BCUT2D eigenvalue weighted by Gasteiger charge is -2.08. The molecule has 1 aromatic carbocycles. The summed E-state index contributed by atoms with van der Waals surface area (Å²) in [5.41, 5.74) is 6.46. The average Bonchev–Trinajstić information content (AvgIpc) is 2.20. The number of benzene rings is 1. The largest absolute Gasteiger partial charge is 0.327 e. The van der Waals surface area contributed by atoms with Gasteiger partial charge in [-0.15, -0.1) is 11.8 Å². The Hall–Kier alpha value is -1.40. The zero-order chi connectivity index (χ0) is 11.3. The van der Waals surface area contributed by atoms with Crippen LogP contribution in [0.1, 0.15) is 18.9 Å². The summed E-state index contributed by atoms with van der Waals surface area (Å²) >= 11 is 0. The van der Waals surface area contributed by atoms with E-state index in [1.807, 2.05) is 0 Å². The van der Waals surface area contributed by atoms with Crippen LogP contribution in [0.25, 0.3) is 0 Å². The summed E-state index contributed by atoms with van der Waals surface area (Å²) in [6.07, 6.45) is 1.07. The van der Waals surface area contributed by atoms with Crippen LogP contribution in [0, 0.1) is 23.5 Å². The van der Waals surface area contributed by atoms with Crippen LogP contribution in [0.15, 0.2) is 18.2 Å². The highest BCUT2D eigenvalue weighted by molar-refractivity contribution is 5.19. The fourth-order valence-corrected chi connectivity index (χ4v) is 1.27. The third-order valence-corrected chi connectivity index (χ3v) is 2.02. The summed E-state index contributed by atoms with van der Waals surface area (Å²) in [5.74, 6) is 3.93. The SMILES string of the molecule is CC#CCC(N)Cc1ccc(F)c(F)c1. The van der Waals surface area contributed by atoms with Gasteiger partial charge in [0, 0.05) is 12.5 Å². The summed E-state index contributed by atoms with van der Waals surface area (Å²) in [6, 6.07) is 3.69. The Kier molecular flexibility index (Phi) is 4.26. The third-order valence-electron chi connectivity index (χ3n) is 2.02. The number of hydrogen-bond donors (Lipinski definition) is 1. The number of hydrogen-bond acceptors (Lipinski definition) is 1. The zero-order valence-corrected chi connectivity index (χ0v) is 8.56. The van der Waals surface area contributed by atoms with E-state index in [2.05, 4.69) is 11.8 Å². The monoisotopic (exact) mass is 209 g/mol. The molecule has 1 unspecified atom stereocenters. The maximum absolute atomic E-state index is 12.8. The molecule has 3 heteroatoms. The van der Waals surface area contributed by atoms with Crippen molar-refractivity contribution in [2.75, 3.05) is 0 Å². The maximum Gasteiger partial charge on any atom is 0.159 e. The van der Waals surface area contributed by atoms with Crippen molar-refractivity contribution >= 4 is 0 Å². The van der Waals surface area contributed by atoms with E-state index in [1.54, 1.807) is 6.92 Å². The molecule has 1 nitrogen and oxygen atoms in total. The van der Waals surface area contributed by atoms with Gasteiger partial charge in [0.2, 0.25) is 0 Å². The molecule has 0 aliphatic heterocycles. The molecular weight excluding hydrogens is 196 g/mol. The van der Waals surface area contributed by atoms with Gasteiger partial charge in [0.1, 0.15) is 0 Å². The standard InChI is InChI=1S/C12H13F2N/c1-2-3-4-10(15)7-9-5-6-11(13)12(14)8-9/h5-6,8,10H,4,7,15H2,1H3. The van der Waals surface area contributed by atoms with Crippen molar-refractivity contribution < 1.29 is 8.78 Å². The van der Waals surface area contributed by atoms with Crippen molar-refractivity contribution in [2.45, 2.75) is 25.8 Å². The first-order valence-corrected chi connectivity index (χ1v) is 4.72. The maximum atomic E-state index is 12.8. The van der Waals surface area contributed by atoms with Crippen molar-refractivity contribution in [3.8, 4) is 11.8 Å². The number of rotatable bonds is 3. The van der Waals surface area contributed by atoms with Crippen molar-refractivity contribution in [3.05, 3.63) is 35.4 Å². The van der Waals surface area contributed by atoms with E-state index in [0.29, 0.717) is 18.4 Å². The molecule has 80 valence electrons. The van der Waals surface area contributed by atoms with Gasteiger partial charge >= 0.3 is 0 Å². The van der Waals surface area contributed by atoms with Crippen LogP contribution in [0.4, 0.5) is 8.78 Å². The molecular formula is C12H13F2N. The minimum Gasteiger partial charge on any atom is -0.327 e. The van der Waals surface area contributed by atoms with Crippen molar-refractivity contribution in [3.63, 3.8) is 0 Å². The lowest BCUT2D eigenvalue weighted by molar-refractivity contribution is 0.506. The second kappa shape index (κ2) is 5.47. The zero-order valence-electron chi connectivity index (χ0n) is 8.56. The smallest absolute Gasteiger partial charge is 0.159 e. The topological polar surface area (TPSA) is 26.0 Å². The van der Waals surface area contributed by atoms with E-state index in [-0.39, 0.29) is 6.04 Å². The molecule has 2 N–H and O–H groups in total. The molecule has 1 atom stereocenters. The fraction of sp³-hybridized carbons (Fsp3) is 0.333. The van der Waals surface area contributed by atoms with Gasteiger partial charge in [-0.2, -0.15) is 0 Å². The molecule has 1 aromatic rings. The minimum absolute atomic E-state index is 0.137. The van der Waals surface area contributed by atoms with Gasteiger partial charge in [-0.3, -0.25) is 0 Å². The van der Waals surface area contributed by atoms with Crippen LogP contribution >= 0.6 is 0 Å². The Balaban J connectivity index is 2.63. The molecule has 0 aliphatic rings. The molecule has 0 amide bonds. The Labute approximate surface area is 88.3 Å². The van der Waals surface area contributed by atoms with Crippen LogP contribution in [0.3, 0.4) is 0 Å². The first-order chi connectivity index (χ1) is 7.13. The molecule has 0 fully saturated rings. The Morgan fingerprint density at radius 1 is 1.33 bits per heavy atom. The van der Waals surface area contributed by atoms with Crippen LogP contribution in [0.2, 0.25) is 0 Å². The summed E-state index contributed by atoms with van der Waals surface area (Å²) in [6.45, 7) is 1.74. The van der Waals surface area contributed by atoms with Gasteiger partial charge < -0.3 is 5.73 Å². The highest BCUT2D eigenvalue weighted by Gasteiger charge is 2.06. The van der Waals surface area contributed by atoms with Crippen LogP contribution in [-0.2, 0) is 6.42 Å². The molecule has 0 bridgehead atoms. The van der Waals surface area contributed by atoms with Gasteiger partial charge in [-0.05, 0) is 31.0 Å². The predicted molar refractivity (Wildman–Crippen MR) is 56.1 cm³/mol. The van der Waals surface area contributed by atoms with Gasteiger partial charge in [0.25, 0.3) is 0 Å². The molecule has 15 heavy (non-hydrogen) atoms. The Morgan fingerprint density at radius 2 is 2.07 bits per heavy atom. The van der Waals surface area contributed by atoms with E-state index < -0.39 is 11.6 Å². The summed E-state index contributed by atoms with van der Waals surface area (Å²) in [5, 5.41) is 0. The van der Waals surface area contributed by atoms with E-state index in [1.165, 1.54) is 12.1 Å². The van der Waals surface area contributed by atoms with E-state index >= 15 is 0 Å². The summed E-state index contributed by atoms with van der Waals surface area (Å²) < 4.78 is 25.4. The summed E-state index contributed by atoms with van der Waals surface area (Å²) in [4.78, 5) is 0. The molecule has 0 aromatic heterocycles. The van der Waals surface area contributed by atoms with Gasteiger partial charge in [0.15, 0.2) is 11.6 Å². The van der Waals surface area contributed by atoms with Crippen LogP contribution in [0.5, 0.6) is 0 Å². The number of nitrogens with two attached hydrogens (primary N) is 1. The minimum atomic E-state index is -0.833. The average molecular weight is 209 g/mol. The molecule has 0 saturated carbocycles. The molecule has 1 rings (SSSR count). The van der Waals surface area contributed by atoms with E-state index in [0.717, 1.165) is 6.07 Å². The number of halogens is 2. The van der Waals surface area contributed by atoms with E-state index in [4.69, 9.17) is 5.73 Å². The molecule has 0 aliphatic carbocycles. The van der Waals surface area contributed by atoms with Crippen molar-refractivity contribution in [2.24, 2.45) is 5.73 Å². The highest BCUT2D eigenvalue weighted by atomic mass is 19.2. The first kappa shape index (κ1) is 11.7. The van der Waals surface area contributed by atoms with Crippen LogP contribution in [-0.4, -0.2) is 6.04 Å². The highest BCUT2D eigenvalue weighted by Crippen LogP contribution is 2.10. The second-order valence-electron chi connectivity index (χ2n) is 3.34. The van der Waals surface area contributed by atoms with Crippen LogP contribution < -0.4 is 5.73 Å². The van der Waals surface area contributed by atoms with Gasteiger partial charge in [-0.25, -0.2) is 8.78 Å².